The summed E-state index contributed by atoms with van der Waals surface area (Å²) in [5, 5.41) is 3.55. The minimum Gasteiger partial charge on any atom is -0.309 e. The molecule has 0 saturated heterocycles. The Bertz CT molecular complexity index is 604. The number of nitrogens with one attached hydrogen (secondary N) is 1. The van der Waals surface area contributed by atoms with E-state index in [1.54, 1.807) is 25.2 Å². The van der Waals surface area contributed by atoms with E-state index in [-0.39, 0.29) is 5.56 Å². The Balaban J connectivity index is 2.49. The van der Waals surface area contributed by atoms with Gasteiger partial charge in [-0.2, -0.15) is 0 Å². The molecular formula is C14H11BrClF2N. The molecule has 2 aromatic carbocycles. The molecule has 0 fully saturated rings. The van der Waals surface area contributed by atoms with Crippen LogP contribution in [0.15, 0.2) is 40.9 Å². The summed E-state index contributed by atoms with van der Waals surface area (Å²) in [4.78, 5) is 0. The molecule has 2 rings (SSSR count). The molecule has 0 aliphatic rings. The molecule has 1 N–H and O–H groups in total. The fraction of sp³-hybridized carbons (Fsp3) is 0.143. The lowest BCUT2D eigenvalue weighted by atomic mass is 9.98. The van der Waals surface area contributed by atoms with Gasteiger partial charge in [0.05, 0.1) is 11.1 Å². The summed E-state index contributed by atoms with van der Waals surface area (Å²) >= 11 is 9.25. The van der Waals surface area contributed by atoms with Gasteiger partial charge in [-0.15, -0.1) is 0 Å². The van der Waals surface area contributed by atoms with Crippen molar-refractivity contribution in [2.24, 2.45) is 0 Å². The second-order valence-corrected chi connectivity index (χ2v) is 5.32. The Labute approximate surface area is 123 Å². The van der Waals surface area contributed by atoms with Crippen LogP contribution in [-0.2, 0) is 0 Å². The minimum absolute atomic E-state index is 0.261. The summed E-state index contributed by atoms with van der Waals surface area (Å²) in [6.07, 6.45) is 0. The standard InChI is InChI=1S/C14H11BrClF2N/c1-19-14(8-2-4-12(16)11(15)6-8)10-7-9(17)3-5-13(10)18/h2-7,14,19H,1H3. The van der Waals surface area contributed by atoms with Crippen molar-refractivity contribution in [3.63, 3.8) is 0 Å². The lowest BCUT2D eigenvalue weighted by Crippen LogP contribution is -2.19. The molecular weight excluding hydrogens is 336 g/mol. The largest absolute Gasteiger partial charge is 0.309 e. The monoisotopic (exact) mass is 345 g/mol. The van der Waals surface area contributed by atoms with Crippen LogP contribution in [0, 0.1) is 11.6 Å². The summed E-state index contributed by atoms with van der Waals surface area (Å²) in [5.41, 5.74) is 1.06. The van der Waals surface area contributed by atoms with E-state index in [1.165, 1.54) is 6.07 Å². The third kappa shape index (κ3) is 3.14. The zero-order chi connectivity index (χ0) is 14.0. The highest BCUT2D eigenvalue weighted by Gasteiger charge is 2.17. The topological polar surface area (TPSA) is 12.0 Å². The van der Waals surface area contributed by atoms with Crippen molar-refractivity contribution in [3.05, 3.63) is 68.7 Å². The molecule has 19 heavy (non-hydrogen) atoms. The van der Waals surface area contributed by atoms with E-state index in [2.05, 4.69) is 21.2 Å². The van der Waals surface area contributed by atoms with Crippen LogP contribution in [0.3, 0.4) is 0 Å². The van der Waals surface area contributed by atoms with Gasteiger partial charge in [-0.25, -0.2) is 8.78 Å². The van der Waals surface area contributed by atoms with Crippen LogP contribution >= 0.6 is 27.5 Å². The fourth-order valence-electron chi connectivity index (χ4n) is 1.93. The van der Waals surface area contributed by atoms with E-state index in [1.807, 2.05) is 0 Å². The van der Waals surface area contributed by atoms with Gasteiger partial charge in [0.25, 0.3) is 0 Å². The molecule has 1 atom stereocenters. The predicted molar refractivity (Wildman–Crippen MR) is 76.4 cm³/mol. The lowest BCUT2D eigenvalue weighted by molar-refractivity contribution is 0.558. The second-order valence-electron chi connectivity index (χ2n) is 4.06. The summed E-state index contributed by atoms with van der Waals surface area (Å²) in [6.45, 7) is 0. The quantitative estimate of drug-likeness (QED) is 0.850. The van der Waals surface area contributed by atoms with E-state index in [4.69, 9.17) is 11.6 Å². The third-order valence-electron chi connectivity index (χ3n) is 2.83. The number of hydrogen-bond acceptors (Lipinski definition) is 1. The first-order valence-corrected chi connectivity index (χ1v) is 6.77. The Kier molecular flexibility index (Phi) is 4.55. The molecule has 0 bridgehead atoms. The average Bonchev–Trinajstić information content (AvgIpc) is 2.38. The van der Waals surface area contributed by atoms with Crippen molar-refractivity contribution in [2.45, 2.75) is 6.04 Å². The first-order valence-electron chi connectivity index (χ1n) is 5.60. The minimum atomic E-state index is -0.468. The number of rotatable bonds is 3. The van der Waals surface area contributed by atoms with Crippen LogP contribution in [0.25, 0.3) is 0 Å². The van der Waals surface area contributed by atoms with Crippen LogP contribution in [0.2, 0.25) is 5.02 Å². The number of halogens is 4. The van der Waals surface area contributed by atoms with Crippen LogP contribution < -0.4 is 5.32 Å². The van der Waals surface area contributed by atoms with Crippen molar-refractivity contribution in [1.82, 2.24) is 5.32 Å². The summed E-state index contributed by atoms with van der Waals surface area (Å²) < 4.78 is 27.8. The van der Waals surface area contributed by atoms with E-state index < -0.39 is 17.7 Å². The van der Waals surface area contributed by atoms with Gasteiger partial charge in [-0.3, -0.25) is 0 Å². The highest BCUT2D eigenvalue weighted by molar-refractivity contribution is 9.10. The normalized spacial score (nSPS) is 12.5. The number of benzene rings is 2. The molecule has 1 unspecified atom stereocenters. The van der Waals surface area contributed by atoms with Crippen LogP contribution in [0.5, 0.6) is 0 Å². The molecule has 5 heteroatoms. The van der Waals surface area contributed by atoms with Crippen molar-refractivity contribution in [3.8, 4) is 0 Å². The van der Waals surface area contributed by atoms with E-state index in [0.29, 0.717) is 9.50 Å². The molecule has 2 aromatic rings. The molecule has 0 saturated carbocycles. The molecule has 0 spiro atoms. The highest BCUT2D eigenvalue weighted by atomic mass is 79.9. The fourth-order valence-corrected chi connectivity index (χ4v) is 2.44. The van der Waals surface area contributed by atoms with Gasteiger partial charge in [0.2, 0.25) is 0 Å². The van der Waals surface area contributed by atoms with Gasteiger partial charge < -0.3 is 5.32 Å². The summed E-state index contributed by atoms with van der Waals surface area (Å²) in [6, 6.07) is 8.25. The molecule has 0 radical (unpaired) electrons. The molecule has 0 aromatic heterocycles. The zero-order valence-corrected chi connectivity index (χ0v) is 12.4. The van der Waals surface area contributed by atoms with Gasteiger partial charge in [-0.1, -0.05) is 17.7 Å². The van der Waals surface area contributed by atoms with Gasteiger partial charge in [0, 0.05) is 10.0 Å². The molecule has 0 aliphatic carbocycles. The van der Waals surface area contributed by atoms with Crippen molar-refractivity contribution in [1.29, 1.82) is 0 Å². The Morgan fingerprint density at radius 3 is 2.53 bits per heavy atom. The Hall–Kier alpha value is -0.970. The summed E-state index contributed by atoms with van der Waals surface area (Å²) in [5.74, 6) is -0.920. The predicted octanol–water partition coefficient (Wildman–Crippen LogP) is 4.69. The van der Waals surface area contributed by atoms with Gasteiger partial charge in [0.1, 0.15) is 11.6 Å². The third-order valence-corrected chi connectivity index (χ3v) is 4.05. The van der Waals surface area contributed by atoms with Crippen molar-refractivity contribution in [2.75, 3.05) is 7.05 Å². The second kappa shape index (κ2) is 5.99. The highest BCUT2D eigenvalue weighted by Crippen LogP contribution is 2.30. The van der Waals surface area contributed by atoms with Gasteiger partial charge in [-0.05, 0) is 58.9 Å². The molecule has 0 aliphatic heterocycles. The average molecular weight is 347 g/mol. The van der Waals surface area contributed by atoms with E-state index in [0.717, 1.165) is 17.7 Å². The van der Waals surface area contributed by atoms with Crippen LogP contribution in [0.4, 0.5) is 8.78 Å². The van der Waals surface area contributed by atoms with E-state index in [9.17, 15) is 8.78 Å². The van der Waals surface area contributed by atoms with Crippen LogP contribution in [-0.4, -0.2) is 7.05 Å². The Morgan fingerprint density at radius 2 is 1.89 bits per heavy atom. The summed E-state index contributed by atoms with van der Waals surface area (Å²) in [7, 11) is 1.69. The smallest absolute Gasteiger partial charge is 0.128 e. The van der Waals surface area contributed by atoms with Crippen molar-refractivity contribution >= 4 is 27.5 Å². The molecule has 0 amide bonds. The van der Waals surface area contributed by atoms with Gasteiger partial charge >= 0.3 is 0 Å². The maximum atomic E-state index is 13.8. The van der Waals surface area contributed by atoms with E-state index >= 15 is 0 Å². The van der Waals surface area contributed by atoms with Crippen LogP contribution in [0.1, 0.15) is 17.2 Å². The molecule has 100 valence electrons. The maximum Gasteiger partial charge on any atom is 0.128 e. The maximum absolute atomic E-state index is 13.8. The first kappa shape index (κ1) is 14.4. The van der Waals surface area contributed by atoms with Gasteiger partial charge in [0.15, 0.2) is 0 Å². The number of hydrogen-bond donors (Lipinski definition) is 1. The SMILES string of the molecule is CNC(c1ccc(Cl)c(Br)c1)c1cc(F)ccc1F. The molecule has 1 nitrogen and oxygen atoms in total. The van der Waals surface area contributed by atoms with Crippen molar-refractivity contribution < 1.29 is 8.78 Å². The molecule has 0 heterocycles. The zero-order valence-electron chi connectivity index (χ0n) is 10.1. The lowest BCUT2D eigenvalue weighted by Gasteiger charge is -2.18. The first-order chi connectivity index (χ1) is 9.02. The Morgan fingerprint density at radius 1 is 1.16 bits per heavy atom.